The van der Waals surface area contributed by atoms with Gasteiger partial charge in [0.2, 0.25) is 0 Å². The van der Waals surface area contributed by atoms with Crippen molar-refractivity contribution in [1.29, 1.82) is 0 Å². The SMILES string of the molecule is NCC1(c2cc(Br)c3c(c2)OCCO3)CC1. The van der Waals surface area contributed by atoms with Crippen molar-refractivity contribution < 1.29 is 9.47 Å². The van der Waals surface area contributed by atoms with Crippen molar-refractivity contribution in [2.45, 2.75) is 18.3 Å². The van der Waals surface area contributed by atoms with Crippen molar-refractivity contribution in [1.82, 2.24) is 0 Å². The van der Waals surface area contributed by atoms with Crippen molar-refractivity contribution in [2.24, 2.45) is 5.73 Å². The maximum atomic E-state index is 5.84. The van der Waals surface area contributed by atoms with E-state index < -0.39 is 0 Å². The normalized spacial score (nSPS) is 20.6. The lowest BCUT2D eigenvalue weighted by molar-refractivity contribution is 0.170. The highest BCUT2D eigenvalue weighted by Crippen LogP contribution is 2.51. The highest BCUT2D eigenvalue weighted by atomic mass is 79.9. The summed E-state index contributed by atoms with van der Waals surface area (Å²) in [5, 5.41) is 0. The summed E-state index contributed by atoms with van der Waals surface area (Å²) in [6.45, 7) is 1.95. The molecule has 1 aliphatic heterocycles. The molecule has 3 rings (SSSR count). The van der Waals surface area contributed by atoms with Gasteiger partial charge in [-0.25, -0.2) is 0 Å². The molecule has 2 N–H and O–H groups in total. The third-order valence-electron chi connectivity index (χ3n) is 3.45. The topological polar surface area (TPSA) is 44.5 Å². The van der Waals surface area contributed by atoms with E-state index in [9.17, 15) is 0 Å². The van der Waals surface area contributed by atoms with Gasteiger partial charge in [-0.1, -0.05) is 0 Å². The van der Waals surface area contributed by atoms with E-state index >= 15 is 0 Å². The summed E-state index contributed by atoms with van der Waals surface area (Å²) in [6.07, 6.45) is 2.35. The highest BCUT2D eigenvalue weighted by Gasteiger charge is 2.43. The van der Waals surface area contributed by atoms with Crippen molar-refractivity contribution >= 4 is 15.9 Å². The Morgan fingerprint density at radius 1 is 1.25 bits per heavy atom. The lowest BCUT2D eigenvalue weighted by Gasteiger charge is -2.22. The van der Waals surface area contributed by atoms with Crippen LogP contribution in [0.25, 0.3) is 0 Å². The van der Waals surface area contributed by atoms with Gasteiger partial charge in [0.1, 0.15) is 13.2 Å². The average Bonchev–Trinajstić information content (AvgIpc) is 3.10. The smallest absolute Gasteiger partial charge is 0.175 e. The third kappa shape index (κ3) is 1.52. The largest absolute Gasteiger partial charge is 0.486 e. The fourth-order valence-electron chi connectivity index (χ4n) is 2.18. The lowest BCUT2D eigenvalue weighted by atomic mass is 9.96. The van der Waals surface area contributed by atoms with Crippen molar-refractivity contribution in [3.8, 4) is 11.5 Å². The van der Waals surface area contributed by atoms with E-state index in [2.05, 4.69) is 28.1 Å². The molecule has 16 heavy (non-hydrogen) atoms. The predicted octanol–water partition coefficient (Wildman–Crippen LogP) is 2.21. The van der Waals surface area contributed by atoms with Crippen LogP contribution in [-0.2, 0) is 5.41 Å². The molecule has 0 bridgehead atoms. The molecule has 0 unspecified atom stereocenters. The number of hydrogen-bond donors (Lipinski definition) is 1. The van der Waals surface area contributed by atoms with E-state index in [0.717, 1.165) is 16.0 Å². The standard InChI is InChI=1S/C12H14BrNO2/c13-9-5-8(12(7-14)1-2-12)6-10-11(9)16-4-3-15-10/h5-6H,1-4,7,14H2. The molecule has 1 heterocycles. The van der Waals surface area contributed by atoms with Crippen LogP contribution in [0.4, 0.5) is 0 Å². The first-order valence-corrected chi connectivity index (χ1v) is 6.34. The second kappa shape index (κ2) is 3.64. The van der Waals surface area contributed by atoms with E-state index in [-0.39, 0.29) is 5.41 Å². The van der Waals surface area contributed by atoms with Gasteiger partial charge in [0.15, 0.2) is 11.5 Å². The maximum absolute atomic E-state index is 5.84. The van der Waals surface area contributed by atoms with Gasteiger partial charge < -0.3 is 15.2 Å². The Kier molecular flexibility index (Phi) is 2.37. The Labute approximate surface area is 103 Å². The number of fused-ring (bicyclic) bond motifs is 1. The highest BCUT2D eigenvalue weighted by molar-refractivity contribution is 9.10. The molecule has 3 nitrogen and oxygen atoms in total. The molecule has 0 amide bonds. The van der Waals surface area contributed by atoms with E-state index in [1.165, 1.54) is 18.4 Å². The zero-order chi connectivity index (χ0) is 11.2. The average molecular weight is 284 g/mol. The summed E-state index contributed by atoms with van der Waals surface area (Å²) in [6, 6.07) is 4.20. The van der Waals surface area contributed by atoms with E-state index in [1.807, 2.05) is 0 Å². The first kappa shape index (κ1) is 10.4. The van der Waals surface area contributed by atoms with Gasteiger partial charge in [-0.05, 0) is 46.5 Å². The van der Waals surface area contributed by atoms with Crippen molar-refractivity contribution in [3.05, 3.63) is 22.2 Å². The summed E-state index contributed by atoms with van der Waals surface area (Å²) < 4.78 is 12.2. The van der Waals surface area contributed by atoms with Gasteiger partial charge in [0.05, 0.1) is 4.47 Å². The molecule has 0 spiro atoms. The predicted molar refractivity (Wildman–Crippen MR) is 65.1 cm³/mol. The molecule has 2 aliphatic rings. The minimum atomic E-state index is 0.193. The van der Waals surface area contributed by atoms with Crippen LogP contribution in [0.15, 0.2) is 16.6 Å². The van der Waals surface area contributed by atoms with Crippen LogP contribution in [0, 0.1) is 0 Å². The number of hydrogen-bond acceptors (Lipinski definition) is 3. The second-order valence-electron chi connectivity index (χ2n) is 4.47. The van der Waals surface area contributed by atoms with Crippen LogP contribution in [0.3, 0.4) is 0 Å². The Morgan fingerprint density at radius 2 is 2.00 bits per heavy atom. The fourth-order valence-corrected chi connectivity index (χ4v) is 2.74. The quantitative estimate of drug-likeness (QED) is 0.905. The molecule has 1 fully saturated rings. The molecule has 0 aromatic heterocycles. The minimum absolute atomic E-state index is 0.193. The fraction of sp³-hybridized carbons (Fsp3) is 0.500. The first-order valence-electron chi connectivity index (χ1n) is 5.55. The Bertz CT molecular complexity index is 429. The number of nitrogens with two attached hydrogens (primary N) is 1. The van der Waals surface area contributed by atoms with Crippen LogP contribution in [0.2, 0.25) is 0 Å². The first-order chi connectivity index (χ1) is 7.75. The summed E-state index contributed by atoms with van der Waals surface area (Å²) in [5.41, 5.74) is 7.30. The van der Waals surface area contributed by atoms with Crippen LogP contribution in [0.5, 0.6) is 11.5 Å². The van der Waals surface area contributed by atoms with Gasteiger partial charge in [-0.15, -0.1) is 0 Å². The van der Waals surface area contributed by atoms with Crippen molar-refractivity contribution in [2.75, 3.05) is 19.8 Å². The maximum Gasteiger partial charge on any atom is 0.175 e. The molecule has 1 saturated carbocycles. The van der Waals surface area contributed by atoms with Crippen LogP contribution < -0.4 is 15.2 Å². The number of rotatable bonds is 2. The molecule has 0 atom stereocenters. The summed E-state index contributed by atoms with van der Waals surface area (Å²) in [5.74, 6) is 1.66. The van der Waals surface area contributed by atoms with Gasteiger partial charge in [-0.2, -0.15) is 0 Å². The van der Waals surface area contributed by atoms with Crippen LogP contribution in [0.1, 0.15) is 18.4 Å². The minimum Gasteiger partial charge on any atom is -0.486 e. The van der Waals surface area contributed by atoms with Gasteiger partial charge >= 0.3 is 0 Å². The van der Waals surface area contributed by atoms with E-state index in [4.69, 9.17) is 15.2 Å². The van der Waals surface area contributed by atoms with Gasteiger partial charge in [0.25, 0.3) is 0 Å². The molecule has 0 saturated heterocycles. The number of halogens is 1. The molecule has 1 aromatic carbocycles. The van der Waals surface area contributed by atoms with Crippen molar-refractivity contribution in [3.63, 3.8) is 0 Å². The molecule has 1 aromatic rings. The number of benzene rings is 1. The van der Waals surface area contributed by atoms with Gasteiger partial charge in [-0.3, -0.25) is 0 Å². The molecule has 86 valence electrons. The lowest BCUT2D eigenvalue weighted by Crippen LogP contribution is -2.21. The Balaban J connectivity index is 2.05. The molecule has 0 radical (unpaired) electrons. The summed E-state index contributed by atoms with van der Waals surface area (Å²) in [4.78, 5) is 0. The zero-order valence-corrected chi connectivity index (χ0v) is 10.5. The molecular formula is C12H14BrNO2. The molecular weight excluding hydrogens is 270 g/mol. The Morgan fingerprint density at radius 3 is 2.69 bits per heavy atom. The van der Waals surface area contributed by atoms with Crippen LogP contribution in [-0.4, -0.2) is 19.8 Å². The Hall–Kier alpha value is -0.740. The third-order valence-corrected chi connectivity index (χ3v) is 4.04. The second-order valence-corrected chi connectivity index (χ2v) is 5.32. The van der Waals surface area contributed by atoms with E-state index in [1.54, 1.807) is 0 Å². The number of ether oxygens (including phenoxy) is 2. The zero-order valence-electron chi connectivity index (χ0n) is 8.96. The molecule has 4 heteroatoms. The summed E-state index contributed by atoms with van der Waals surface area (Å²) >= 11 is 3.54. The van der Waals surface area contributed by atoms with Crippen LogP contribution >= 0.6 is 15.9 Å². The summed E-state index contributed by atoms with van der Waals surface area (Å²) in [7, 11) is 0. The van der Waals surface area contributed by atoms with Gasteiger partial charge in [0, 0.05) is 12.0 Å². The molecule has 1 aliphatic carbocycles. The van der Waals surface area contributed by atoms with E-state index in [0.29, 0.717) is 19.8 Å². The monoisotopic (exact) mass is 283 g/mol.